The highest BCUT2D eigenvalue weighted by Gasteiger charge is 2.45. The van der Waals surface area contributed by atoms with Crippen LogP contribution in [0.4, 0.5) is 0 Å². The monoisotopic (exact) mass is 298 g/mol. The summed E-state index contributed by atoms with van der Waals surface area (Å²) < 4.78 is 62.3. The summed E-state index contributed by atoms with van der Waals surface area (Å²) in [4.78, 5) is 17.3. The van der Waals surface area contributed by atoms with Crippen LogP contribution in [0.5, 0.6) is 0 Å². The minimum Gasteiger partial charge on any atom is -0.322 e. The highest BCUT2D eigenvalue weighted by Crippen LogP contribution is 2.45. The van der Waals surface area contributed by atoms with Gasteiger partial charge in [0.2, 0.25) is 0 Å². The van der Waals surface area contributed by atoms with Gasteiger partial charge in [-0.25, -0.2) is 4.18 Å². The molecule has 0 spiro atoms. The lowest BCUT2D eigenvalue weighted by atomic mass is 10.9. The summed E-state index contributed by atoms with van der Waals surface area (Å²) in [5.74, 6) is 0. The molecule has 98 valence electrons. The van der Waals surface area contributed by atoms with Crippen molar-refractivity contribution in [1.29, 1.82) is 0 Å². The molecule has 0 fully saturated rings. The quantitative estimate of drug-likeness (QED) is 0.455. The van der Waals surface area contributed by atoms with Crippen LogP contribution in [0.2, 0.25) is 0 Å². The zero-order valence-corrected chi connectivity index (χ0v) is 10.8. The predicted octanol–water partition coefficient (Wildman–Crippen LogP) is -1.21. The summed E-state index contributed by atoms with van der Waals surface area (Å²) in [5, 5.41) is -2.88. The van der Waals surface area contributed by atoms with Crippen LogP contribution in [0.15, 0.2) is 0 Å². The normalized spacial score (nSPS) is 16.0. The van der Waals surface area contributed by atoms with Crippen molar-refractivity contribution in [2.75, 3.05) is 12.9 Å². The van der Waals surface area contributed by atoms with E-state index in [1.165, 1.54) is 6.92 Å². The first-order chi connectivity index (χ1) is 6.90. The Kier molecular flexibility index (Phi) is 5.08. The van der Waals surface area contributed by atoms with Gasteiger partial charge in [-0.15, -0.1) is 0 Å². The van der Waals surface area contributed by atoms with Gasteiger partial charge >= 0.3 is 22.9 Å². The Bertz CT molecular complexity index is 470. The van der Waals surface area contributed by atoms with Crippen molar-refractivity contribution in [2.24, 2.45) is 0 Å². The summed E-state index contributed by atoms with van der Waals surface area (Å²) in [6, 6.07) is 0. The van der Waals surface area contributed by atoms with Gasteiger partial charge in [0.15, 0.2) is 0 Å². The molecule has 9 nitrogen and oxygen atoms in total. The van der Waals surface area contributed by atoms with Crippen LogP contribution < -0.4 is 0 Å². The van der Waals surface area contributed by atoms with Crippen LogP contribution in [-0.2, 0) is 33.2 Å². The Morgan fingerprint density at radius 3 is 1.94 bits per heavy atom. The molecule has 0 bridgehead atoms. The summed E-state index contributed by atoms with van der Waals surface area (Å²) in [6.07, 6.45) is 0.455. The highest BCUT2D eigenvalue weighted by atomic mass is 32.2. The molecular formula is C4H11O9PS2. The lowest BCUT2D eigenvalue weighted by Gasteiger charge is -2.16. The largest absolute Gasteiger partial charge is 0.373 e. The van der Waals surface area contributed by atoms with E-state index in [-0.39, 0.29) is 0 Å². The molecule has 0 saturated heterocycles. The fourth-order valence-corrected chi connectivity index (χ4v) is 4.65. The fraction of sp³-hybridized carbons (Fsp3) is 1.00. The van der Waals surface area contributed by atoms with Crippen molar-refractivity contribution >= 4 is 27.8 Å². The Morgan fingerprint density at radius 1 is 1.25 bits per heavy atom. The van der Waals surface area contributed by atoms with Crippen LogP contribution in [-0.4, -0.2) is 44.7 Å². The average Bonchev–Trinajstić information content (AvgIpc) is 1.96. The topological polar surface area (TPSA) is 144 Å². The molecule has 0 aliphatic rings. The van der Waals surface area contributed by atoms with Gasteiger partial charge in [-0.3, -0.25) is 8.75 Å². The van der Waals surface area contributed by atoms with E-state index in [4.69, 9.17) is 9.79 Å². The van der Waals surface area contributed by atoms with Gasteiger partial charge in [-0.2, -0.15) is 16.8 Å². The first-order valence-corrected chi connectivity index (χ1v) is 8.69. The maximum Gasteiger partial charge on any atom is 0.373 e. The zero-order valence-electron chi connectivity index (χ0n) is 8.30. The van der Waals surface area contributed by atoms with E-state index in [2.05, 4.69) is 8.37 Å². The lowest BCUT2D eigenvalue weighted by Crippen LogP contribution is -2.28. The van der Waals surface area contributed by atoms with Crippen molar-refractivity contribution in [3.63, 3.8) is 0 Å². The van der Waals surface area contributed by atoms with Gasteiger partial charge in [0, 0.05) is 0 Å². The second kappa shape index (κ2) is 5.08. The average molecular weight is 298 g/mol. The third kappa shape index (κ3) is 5.34. The molecule has 2 N–H and O–H groups in total. The molecule has 0 aliphatic heterocycles. The van der Waals surface area contributed by atoms with E-state index in [0.717, 1.165) is 0 Å². The van der Waals surface area contributed by atoms with E-state index in [9.17, 15) is 21.4 Å². The molecule has 0 saturated carbocycles. The van der Waals surface area contributed by atoms with E-state index >= 15 is 0 Å². The van der Waals surface area contributed by atoms with Gasteiger partial charge in [-0.1, -0.05) is 0 Å². The van der Waals surface area contributed by atoms with Gasteiger partial charge < -0.3 is 9.79 Å². The van der Waals surface area contributed by atoms with E-state index in [1.54, 1.807) is 0 Å². The Labute approximate surface area is 92.8 Å². The number of hydrogen-bond acceptors (Lipinski definition) is 7. The third-order valence-corrected chi connectivity index (χ3v) is 5.27. The fourth-order valence-electron chi connectivity index (χ4n) is 0.644. The van der Waals surface area contributed by atoms with Crippen molar-refractivity contribution < 1.29 is 39.6 Å². The first-order valence-electron chi connectivity index (χ1n) is 3.72. The smallest absolute Gasteiger partial charge is 0.322 e. The molecule has 0 aromatic heterocycles. The van der Waals surface area contributed by atoms with E-state index in [1.807, 2.05) is 0 Å². The molecule has 0 heterocycles. The van der Waals surface area contributed by atoms with Crippen LogP contribution in [0, 0.1) is 0 Å². The summed E-state index contributed by atoms with van der Waals surface area (Å²) in [5.41, 5.74) is 0. The lowest BCUT2D eigenvalue weighted by molar-refractivity contribution is 0.248. The van der Waals surface area contributed by atoms with E-state index < -0.39 is 39.6 Å². The minimum atomic E-state index is -5.34. The molecule has 0 aromatic rings. The zero-order chi connectivity index (χ0) is 13.2. The molecule has 0 radical (unpaired) electrons. The SMILES string of the molecule is CCOS(=O)(=O)C(OS(C)(=O)=O)P(=O)(O)O. The molecule has 0 rings (SSSR count). The first kappa shape index (κ1) is 16.0. The maximum atomic E-state index is 11.2. The number of hydrogen-bond donors (Lipinski definition) is 2. The number of rotatable bonds is 6. The summed E-state index contributed by atoms with van der Waals surface area (Å²) in [7, 11) is -14.5. The minimum absolute atomic E-state index is 0.411. The Hall–Kier alpha value is -0.0300. The van der Waals surface area contributed by atoms with Crippen molar-refractivity contribution in [1.82, 2.24) is 0 Å². The van der Waals surface area contributed by atoms with Gasteiger partial charge in [-0.05, 0) is 6.92 Å². The maximum absolute atomic E-state index is 11.2. The van der Waals surface area contributed by atoms with Crippen LogP contribution in [0.25, 0.3) is 0 Å². The molecule has 1 unspecified atom stereocenters. The second-order valence-corrected chi connectivity index (χ2v) is 7.84. The van der Waals surface area contributed by atoms with Crippen LogP contribution in [0.1, 0.15) is 6.92 Å². The van der Waals surface area contributed by atoms with Gasteiger partial charge in [0.1, 0.15) is 0 Å². The van der Waals surface area contributed by atoms with Gasteiger partial charge in [0.25, 0.3) is 10.1 Å². The molecule has 12 heteroatoms. The standard InChI is InChI=1S/C4H11O9PS2/c1-3-12-16(10,11)4(14(5,6)7)13-15(2,8)9/h4H,3H2,1-2H3,(H2,5,6,7). The molecular weight excluding hydrogens is 287 g/mol. The Balaban J connectivity index is 5.38. The van der Waals surface area contributed by atoms with E-state index in [0.29, 0.717) is 6.26 Å². The molecule has 0 aliphatic carbocycles. The van der Waals surface area contributed by atoms with Gasteiger partial charge in [0.05, 0.1) is 12.9 Å². The van der Waals surface area contributed by atoms with Crippen LogP contribution >= 0.6 is 7.60 Å². The van der Waals surface area contributed by atoms with Crippen molar-refractivity contribution in [3.05, 3.63) is 0 Å². The molecule has 0 amide bonds. The summed E-state index contributed by atoms with van der Waals surface area (Å²) in [6.45, 7) is 0.834. The second-order valence-electron chi connectivity index (χ2n) is 2.60. The predicted molar refractivity (Wildman–Crippen MR) is 52.3 cm³/mol. The molecule has 16 heavy (non-hydrogen) atoms. The Morgan fingerprint density at radius 2 is 1.69 bits per heavy atom. The highest BCUT2D eigenvalue weighted by molar-refractivity contribution is 7.95. The van der Waals surface area contributed by atoms with Crippen molar-refractivity contribution in [2.45, 2.75) is 12.1 Å². The molecule has 0 aromatic carbocycles. The molecule has 1 atom stereocenters. The van der Waals surface area contributed by atoms with Crippen molar-refractivity contribution in [3.8, 4) is 0 Å². The third-order valence-electron chi connectivity index (χ3n) is 1.06. The summed E-state index contributed by atoms with van der Waals surface area (Å²) >= 11 is 0. The van der Waals surface area contributed by atoms with Crippen LogP contribution in [0.3, 0.4) is 0 Å².